The van der Waals surface area contributed by atoms with E-state index < -0.39 is 11.7 Å². The van der Waals surface area contributed by atoms with Crippen molar-refractivity contribution in [3.05, 3.63) is 53.9 Å². The molecule has 0 fully saturated rings. The third-order valence-corrected chi connectivity index (χ3v) is 3.48. The highest BCUT2D eigenvalue weighted by Crippen LogP contribution is 2.24. The molecule has 1 aromatic carbocycles. The number of amides is 1. The van der Waals surface area contributed by atoms with Crippen LogP contribution in [0.4, 0.5) is 4.79 Å². The molecule has 0 aliphatic heterocycles. The maximum absolute atomic E-state index is 11.8. The van der Waals surface area contributed by atoms with Crippen LogP contribution in [0.1, 0.15) is 44.9 Å². The van der Waals surface area contributed by atoms with Gasteiger partial charge in [0.25, 0.3) is 0 Å². The molecule has 1 amide bonds. The number of hydrogen-bond donors (Lipinski definition) is 2. The van der Waals surface area contributed by atoms with Gasteiger partial charge in [0.1, 0.15) is 5.60 Å². The molecule has 5 heteroatoms. The van der Waals surface area contributed by atoms with Gasteiger partial charge in [0.2, 0.25) is 0 Å². The second kappa shape index (κ2) is 7.45. The molecule has 2 rings (SSSR count). The Morgan fingerprint density at radius 1 is 1.25 bits per heavy atom. The molecule has 5 nitrogen and oxygen atoms in total. The van der Waals surface area contributed by atoms with E-state index in [-0.39, 0.29) is 6.04 Å². The quantitative estimate of drug-likeness (QED) is 0.895. The Hall–Kier alpha value is -2.40. The second-order valence-electron chi connectivity index (χ2n) is 6.80. The second-order valence-corrected chi connectivity index (χ2v) is 6.80. The molecule has 1 aromatic heterocycles. The fourth-order valence-electron chi connectivity index (χ4n) is 2.29. The van der Waals surface area contributed by atoms with Crippen LogP contribution < -0.4 is 11.1 Å². The minimum absolute atomic E-state index is 0.00116. The first-order valence-electron chi connectivity index (χ1n) is 8.02. The van der Waals surface area contributed by atoms with E-state index in [0.29, 0.717) is 6.54 Å². The Labute approximate surface area is 143 Å². The lowest BCUT2D eigenvalue weighted by Crippen LogP contribution is -2.32. The van der Waals surface area contributed by atoms with E-state index in [4.69, 9.17) is 10.5 Å². The Morgan fingerprint density at radius 2 is 1.92 bits per heavy atom. The number of carbonyl (C=O) groups excluding carboxylic acids is 1. The monoisotopic (exact) mass is 327 g/mol. The van der Waals surface area contributed by atoms with Crippen LogP contribution in [-0.2, 0) is 11.3 Å². The van der Waals surface area contributed by atoms with Crippen LogP contribution in [0.5, 0.6) is 0 Å². The van der Waals surface area contributed by atoms with Crippen LogP contribution in [0.3, 0.4) is 0 Å². The van der Waals surface area contributed by atoms with E-state index >= 15 is 0 Å². The first-order chi connectivity index (χ1) is 11.3. The van der Waals surface area contributed by atoms with Gasteiger partial charge in [-0.15, -0.1) is 0 Å². The van der Waals surface area contributed by atoms with Crippen LogP contribution in [0.25, 0.3) is 11.1 Å². The largest absolute Gasteiger partial charge is 0.444 e. The topological polar surface area (TPSA) is 77.2 Å². The summed E-state index contributed by atoms with van der Waals surface area (Å²) >= 11 is 0. The highest BCUT2D eigenvalue weighted by atomic mass is 16.6. The smallest absolute Gasteiger partial charge is 0.407 e. The molecule has 0 bridgehead atoms. The molecule has 3 N–H and O–H groups in total. The standard InChI is InChI=1S/C19H25N3O2/c1-13(20)14-5-7-15(8-6-14)17-12-21-10-9-16(17)11-22-18(23)24-19(2,3)4/h5-10,12-13H,11,20H2,1-4H3,(H,22,23)/t13-/m1/s1. The van der Waals surface area contributed by atoms with Gasteiger partial charge in [-0.25, -0.2) is 4.79 Å². The summed E-state index contributed by atoms with van der Waals surface area (Å²) in [5.41, 5.74) is 9.44. The molecular formula is C19H25N3O2. The van der Waals surface area contributed by atoms with Crippen molar-refractivity contribution in [1.82, 2.24) is 10.3 Å². The number of ether oxygens (including phenoxy) is 1. The minimum Gasteiger partial charge on any atom is -0.444 e. The molecule has 1 heterocycles. The third kappa shape index (κ3) is 5.06. The van der Waals surface area contributed by atoms with E-state index in [1.807, 2.05) is 58.0 Å². The van der Waals surface area contributed by atoms with Gasteiger partial charge < -0.3 is 15.8 Å². The summed E-state index contributed by atoms with van der Waals surface area (Å²) in [5, 5.41) is 2.79. The van der Waals surface area contributed by atoms with Gasteiger partial charge >= 0.3 is 6.09 Å². The number of nitrogens with zero attached hydrogens (tertiary/aromatic N) is 1. The van der Waals surface area contributed by atoms with Crippen LogP contribution in [0.15, 0.2) is 42.7 Å². The Morgan fingerprint density at radius 3 is 2.50 bits per heavy atom. The first-order valence-corrected chi connectivity index (χ1v) is 8.02. The number of nitrogens with one attached hydrogen (secondary N) is 1. The summed E-state index contributed by atoms with van der Waals surface area (Å²) in [6.07, 6.45) is 3.08. The van der Waals surface area contributed by atoms with Crippen LogP contribution in [-0.4, -0.2) is 16.7 Å². The number of alkyl carbamates (subject to hydrolysis) is 1. The summed E-state index contributed by atoms with van der Waals surface area (Å²) in [6.45, 7) is 7.84. The number of hydrogen-bond acceptors (Lipinski definition) is 4. The van der Waals surface area contributed by atoms with Gasteiger partial charge in [-0.2, -0.15) is 0 Å². The predicted octanol–water partition coefficient (Wildman–Crippen LogP) is 3.79. The van der Waals surface area contributed by atoms with Gasteiger partial charge in [-0.3, -0.25) is 4.98 Å². The van der Waals surface area contributed by atoms with Gasteiger partial charge in [-0.05, 0) is 50.5 Å². The molecular weight excluding hydrogens is 302 g/mol. The number of benzene rings is 1. The van der Waals surface area contributed by atoms with Crippen molar-refractivity contribution in [3.8, 4) is 11.1 Å². The maximum Gasteiger partial charge on any atom is 0.407 e. The van der Waals surface area contributed by atoms with Gasteiger partial charge in [0.05, 0.1) is 0 Å². The average Bonchev–Trinajstić information content (AvgIpc) is 2.52. The lowest BCUT2D eigenvalue weighted by Gasteiger charge is -2.20. The highest BCUT2D eigenvalue weighted by molar-refractivity contribution is 5.70. The number of rotatable bonds is 4. The Bertz CT molecular complexity index is 689. The molecule has 0 spiro atoms. The molecule has 0 aliphatic carbocycles. The van der Waals surface area contributed by atoms with E-state index in [9.17, 15) is 4.79 Å². The fraction of sp³-hybridized carbons (Fsp3) is 0.368. The van der Waals surface area contributed by atoms with E-state index in [2.05, 4.69) is 10.3 Å². The van der Waals surface area contributed by atoms with Gasteiger partial charge in [-0.1, -0.05) is 24.3 Å². The molecule has 0 radical (unpaired) electrons. The lowest BCUT2D eigenvalue weighted by atomic mass is 9.99. The van der Waals surface area contributed by atoms with E-state index in [0.717, 1.165) is 22.3 Å². The highest BCUT2D eigenvalue weighted by Gasteiger charge is 2.16. The summed E-state index contributed by atoms with van der Waals surface area (Å²) in [4.78, 5) is 16.0. The van der Waals surface area contributed by atoms with Crippen molar-refractivity contribution in [1.29, 1.82) is 0 Å². The van der Waals surface area contributed by atoms with Crippen LogP contribution >= 0.6 is 0 Å². The average molecular weight is 327 g/mol. The fourth-order valence-corrected chi connectivity index (χ4v) is 2.29. The normalized spacial score (nSPS) is 12.5. The SMILES string of the molecule is C[C@@H](N)c1ccc(-c2cnccc2CNC(=O)OC(C)(C)C)cc1. The molecule has 128 valence electrons. The Balaban J connectivity index is 2.14. The van der Waals surface area contributed by atoms with Gasteiger partial charge in [0.15, 0.2) is 0 Å². The maximum atomic E-state index is 11.8. The van der Waals surface area contributed by atoms with E-state index in [1.165, 1.54) is 0 Å². The zero-order valence-electron chi connectivity index (χ0n) is 14.7. The molecule has 0 unspecified atom stereocenters. The van der Waals surface area contributed by atoms with Crippen molar-refractivity contribution in [3.63, 3.8) is 0 Å². The molecule has 0 aliphatic rings. The first kappa shape index (κ1) is 17.9. The molecule has 24 heavy (non-hydrogen) atoms. The summed E-state index contributed by atoms with van der Waals surface area (Å²) in [7, 11) is 0. The van der Waals surface area contributed by atoms with Crippen molar-refractivity contribution in [2.75, 3.05) is 0 Å². The third-order valence-electron chi connectivity index (χ3n) is 3.48. The number of pyridine rings is 1. The van der Waals surface area contributed by atoms with Crippen molar-refractivity contribution < 1.29 is 9.53 Å². The molecule has 2 aromatic rings. The van der Waals surface area contributed by atoms with Crippen molar-refractivity contribution in [2.24, 2.45) is 5.73 Å². The minimum atomic E-state index is -0.514. The number of carbonyl (C=O) groups is 1. The van der Waals surface area contributed by atoms with Crippen LogP contribution in [0, 0.1) is 0 Å². The summed E-state index contributed by atoms with van der Waals surface area (Å²) in [5.74, 6) is 0. The summed E-state index contributed by atoms with van der Waals surface area (Å²) in [6, 6.07) is 9.96. The predicted molar refractivity (Wildman–Crippen MR) is 95.3 cm³/mol. The van der Waals surface area contributed by atoms with Gasteiger partial charge in [0, 0.05) is 30.5 Å². The molecule has 0 saturated carbocycles. The zero-order valence-corrected chi connectivity index (χ0v) is 14.7. The van der Waals surface area contributed by atoms with E-state index in [1.54, 1.807) is 12.4 Å². The van der Waals surface area contributed by atoms with Crippen molar-refractivity contribution in [2.45, 2.75) is 45.9 Å². The Kier molecular flexibility index (Phi) is 5.57. The lowest BCUT2D eigenvalue weighted by molar-refractivity contribution is 0.0523. The number of aromatic nitrogens is 1. The van der Waals surface area contributed by atoms with Crippen molar-refractivity contribution >= 4 is 6.09 Å². The summed E-state index contributed by atoms with van der Waals surface area (Å²) < 4.78 is 5.27. The van der Waals surface area contributed by atoms with Crippen LogP contribution in [0.2, 0.25) is 0 Å². The number of nitrogens with two attached hydrogens (primary N) is 1. The molecule has 0 saturated heterocycles. The molecule has 1 atom stereocenters. The zero-order chi connectivity index (χ0) is 17.7.